The monoisotopic (exact) mass is 341 g/mol. The van der Waals surface area contributed by atoms with Crippen molar-refractivity contribution in [2.75, 3.05) is 33.3 Å². The molecule has 0 aliphatic carbocycles. The molecule has 0 aromatic heterocycles. The van der Waals surface area contributed by atoms with Gasteiger partial charge in [0, 0.05) is 19.1 Å². The van der Waals surface area contributed by atoms with Crippen molar-refractivity contribution in [3.8, 4) is 5.75 Å². The molecule has 0 bridgehead atoms. The van der Waals surface area contributed by atoms with Gasteiger partial charge in [-0.25, -0.2) is 0 Å². The van der Waals surface area contributed by atoms with E-state index >= 15 is 0 Å². The highest BCUT2D eigenvalue weighted by Gasteiger charge is 2.23. The molecule has 2 rings (SSSR count). The number of benzene rings is 1. The van der Waals surface area contributed by atoms with Crippen LogP contribution in [0.1, 0.15) is 25.3 Å². The highest BCUT2D eigenvalue weighted by atomic mass is 35.5. The Morgan fingerprint density at radius 2 is 2.30 bits per heavy atom. The fraction of sp³-hybridized carbons (Fsp3) is 0.588. The van der Waals surface area contributed by atoms with Gasteiger partial charge in [0.15, 0.2) is 0 Å². The zero-order valence-corrected chi connectivity index (χ0v) is 14.8. The number of ether oxygens (including phenoxy) is 1. The van der Waals surface area contributed by atoms with Crippen LogP contribution in [0.2, 0.25) is 0 Å². The Morgan fingerprint density at radius 3 is 2.96 bits per heavy atom. The maximum atomic E-state index is 12.2. The van der Waals surface area contributed by atoms with Gasteiger partial charge >= 0.3 is 0 Å². The molecular formula is C17H28ClN3O2. The molecule has 1 aliphatic heterocycles. The van der Waals surface area contributed by atoms with Crippen LogP contribution < -0.4 is 15.4 Å². The number of methoxy groups -OCH3 is 1. The molecule has 0 spiro atoms. The number of amides is 1. The van der Waals surface area contributed by atoms with E-state index in [1.807, 2.05) is 24.3 Å². The van der Waals surface area contributed by atoms with Gasteiger partial charge in [-0.2, -0.15) is 0 Å². The van der Waals surface area contributed by atoms with Crippen molar-refractivity contribution in [3.05, 3.63) is 29.8 Å². The highest BCUT2D eigenvalue weighted by molar-refractivity contribution is 5.85. The Morgan fingerprint density at radius 1 is 1.48 bits per heavy atom. The number of nitrogens with zero attached hydrogens (tertiary/aromatic N) is 1. The Balaban J connectivity index is 0.00000264. The summed E-state index contributed by atoms with van der Waals surface area (Å²) in [5.74, 6) is 0.902. The minimum atomic E-state index is 0. The Kier molecular flexibility index (Phi) is 8.99. The molecule has 1 aliphatic rings. The molecule has 0 radical (unpaired) electrons. The van der Waals surface area contributed by atoms with Crippen molar-refractivity contribution >= 4 is 18.3 Å². The van der Waals surface area contributed by atoms with Crippen molar-refractivity contribution in [1.82, 2.24) is 15.5 Å². The van der Waals surface area contributed by atoms with Crippen LogP contribution in [0.3, 0.4) is 0 Å². The van der Waals surface area contributed by atoms with Gasteiger partial charge in [0.25, 0.3) is 0 Å². The molecule has 6 heteroatoms. The highest BCUT2D eigenvalue weighted by Crippen LogP contribution is 2.12. The van der Waals surface area contributed by atoms with Crippen LogP contribution in [0.5, 0.6) is 5.75 Å². The van der Waals surface area contributed by atoms with Gasteiger partial charge in [-0.15, -0.1) is 12.4 Å². The summed E-state index contributed by atoms with van der Waals surface area (Å²) >= 11 is 0. The number of hydrogen-bond acceptors (Lipinski definition) is 4. The second-order valence-corrected chi connectivity index (χ2v) is 5.75. The van der Waals surface area contributed by atoms with E-state index in [-0.39, 0.29) is 18.3 Å². The summed E-state index contributed by atoms with van der Waals surface area (Å²) in [6, 6.07) is 8.27. The van der Waals surface area contributed by atoms with Gasteiger partial charge in [-0.3, -0.25) is 9.69 Å². The predicted molar refractivity (Wildman–Crippen MR) is 95.2 cm³/mol. The molecule has 1 amide bonds. The van der Waals surface area contributed by atoms with Crippen LogP contribution in [-0.2, 0) is 11.3 Å². The SMILES string of the molecule is CCCN(CC(=O)NCc1cccc(OC)c1)C1CCNC1.Cl. The van der Waals surface area contributed by atoms with E-state index in [0.717, 1.165) is 43.8 Å². The molecule has 130 valence electrons. The first-order valence-electron chi connectivity index (χ1n) is 8.07. The summed E-state index contributed by atoms with van der Waals surface area (Å²) in [7, 11) is 1.65. The van der Waals surface area contributed by atoms with Crippen molar-refractivity contribution in [3.63, 3.8) is 0 Å². The van der Waals surface area contributed by atoms with Crippen LogP contribution in [0, 0.1) is 0 Å². The van der Waals surface area contributed by atoms with Crippen LogP contribution in [0.15, 0.2) is 24.3 Å². The normalized spacial score (nSPS) is 16.9. The zero-order valence-electron chi connectivity index (χ0n) is 14.0. The lowest BCUT2D eigenvalue weighted by Crippen LogP contribution is -2.44. The van der Waals surface area contributed by atoms with Gasteiger partial charge in [0.05, 0.1) is 13.7 Å². The van der Waals surface area contributed by atoms with E-state index in [2.05, 4.69) is 22.5 Å². The summed E-state index contributed by atoms with van der Waals surface area (Å²) in [6.45, 7) is 6.19. The molecule has 1 fully saturated rings. The van der Waals surface area contributed by atoms with E-state index in [1.54, 1.807) is 7.11 Å². The molecule has 2 N–H and O–H groups in total. The first kappa shape index (κ1) is 19.7. The van der Waals surface area contributed by atoms with E-state index in [4.69, 9.17) is 4.74 Å². The first-order chi connectivity index (χ1) is 10.7. The molecule has 1 unspecified atom stereocenters. The van der Waals surface area contributed by atoms with Gasteiger partial charge in [0.2, 0.25) is 5.91 Å². The smallest absolute Gasteiger partial charge is 0.234 e. The minimum absolute atomic E-state index is 0. The number of nitrogens with one attached hydrogen (secondary N) is 2. The number of rotatable bonds is 8. The van der Waals surface area contributed by atoms with Crippen molar-refractivity contribution in [1.29, 1.82) is 0 Å². The molecule has 0 saturated carbocycles. The standard InChI is InChI=1S/C17H27N3O2.ClH/c1-3-9-20(15-7-8-18-12-15)13-17(21)19-11-14-5-4-6-16(10-14)22-2;/h4-6,10,15,18H,3,7-9,11-13H2,1-2H3,(H,19,21);1H. The van der Waals surface area contributed by atoms with Crippen molar-refractivity contribution in [2.24, 2.45) is 0 Å². The lowest BCUT2D eigenvalue weighted by atomic mass is 10.2. The summed E-state index contributed by atoms with van der Waals surface area (Å²) in [5.41, 5.74) is 1.05. The molecular weight excluding hydrogens is 314 g/mol. The van der Waals surface area contributed by atoms with Gasteiger partial charge in [-0.1, -0.05) is 19.1 Å². The lowest BCUT2D eigenvalue weighted by molar-refractivity contribution is -0.122. The third-order valence-corrected chi connectivity index (χ3v) is 4.03. The third-order valence-electron chi connectivity index (χ3n) is 4.03. The Hall–Kier alpha value is -1.30. The fourth-order valence-corrected chi connectivity index (χ4v) is 2.85. The Labute approximate surface area is 145 Å². The molecule has 1 saturated heterocycles. The zero-order chi connectivity index (χ0) is 15.8. The molecule has 23 heavy (non-hydrogen) atoms. The maximum Gasteiger partial charge on any atom is 0.234 e. The molecule has 1 atom stereocenters. The molecule has 1 heterocycles. The second-order valence-electron chi connectivity index (χ2n) is 5.75. The van der Waals surface area contributed by atoms with E-state index in [9.17, 15) is 4.79 Å². The quantitative estimate of drug-likeness (QED) is 0.757. The van der Waals surface area contributed by atoms with Crippen molar-refractivity contribution < 1.29 is 9.53 Å². The summed E-state index contributed by atoms with van der Waals surface area (Å²) in [6.07, 6.45) is 2.20. The topological polar surface area (TPSA) is 53.6 Å². The van der Waals surface area contributed by atoms with Crippen molar-refractivity contribution in [2.45, 2.75) is 32.4 Å². The number of carbonyl (C=O) groups excluding carboxylic acids is 1. The second kappa shape index (κ2) is 10.5. The summed E-state index contributed by atoms with van der Waals surface area (Å²) in [5, 5.41) is 6.37. The summed E-state index contributed by atoms with van der Waals surface area (Å²) < 4.78 is 5.20. The molecule has 1 aromatic rings. The Bertz CT molecular complexity index is 479. The van der Waals surface area contributed by atoms with Gasteiger partial charge < -0.3 is 15.4 Å². The maximum absolute atomic E-state index is 12.2. The van der Waals surface area contributed by atoms with E-state index in [0.29, 0.717) is 19.1 Å². The lowest BCUT2D eigenvalue weighted by Gasteiger charge is -2.27. The average Bonchev–Trinajstić information content (AvgIpc) is 3.07. The largest absolute Gasteiger partial charge is 0.497 e. The van der Waals surface area contributed by atoms with E-state index < -0.39 is 0 Å². The number of hydrogen-bond donors (Lipinski definition) is 2. The first-order valence-corrected chi connectivity index (χ1v) is 8.07. The van der Waals surface area contributed by atoms with Crippen LogP contribution in [-0.4, -0.2) is 50.1 Å². The summed E-state index contributed by atoms with van der Waals surface area (Å²) in [4.78, 5) is 14.5. The predicted octanol–water partition coefficient (Wildman–Crippen LogP) is 1.81. The van der Waals surface area contributed by atoms with Crippen LogP contribution in [0.25, 0.3) is 0 Å². The molecule has 1 aromatic carbocycles. The third kappa shape index (κ3) is 6.37. The minimum Gasteiger partial charge on any atom is -0.497 e. The number of halogens is 1. The average molecular weight is 342 g/mol. The van der Waals surface area contributed by atoms with E-state index in [1.165, 1.54) is 0 Å². The van der Waals surface area contributed by atoms with Gasteiger partial charge in [0.1, 0.15) is 5.75 Å². The number of carbonyl (C=O) groups is 1. The molecule has 5 nitrogen and oxygen atoms in total. The van der Waals surface area contributed by atoms with Gasteiger partial charge in [-0.05, 0) is 43.6 Å². The van der Waals surface area contributed by atoms with Crippen LogP contribution in [0.4, 0.5) is 0 Å². The van der Waals surface area contributed by atoms with Crippen LogP contribution >= 0.6 is 12.4 Å². The fourth-order valence-electron chi connectivity index (χ4n) is 2.85.